The highest BCUT2D eigenvalue weighted by Crippen LogP contribution is 2.16. The van der Waals surface area contributed by atoms with Crippen molar-refractivity contribution >= 4 is 36.3 Å². The number of hydrogen-bond acceptors (Lipinski definition) is 3. The standard InChI is InChI=1S/C12H21N3.2ClH/c1-4-8-15(9-5-2)12-7-6-11(13)10(3)14-12;;/h6-7H,4-5,8-9,13H2,1-3H3;2*1H. The fourth-order valence-electron chi connectivity index (χ4n) is 1.62. The van der Waals surface area contributed by atoms with E-state index < -0.39 is 0 Å². The van der Waals surface area contributed by atoms with E-state index in [1.54, 1.807) is 0 Å². The van der Waals surface area contributed by atoms with Gasteiger partial charge in [0.15, 0.2) is 0 Å². The van der Waals surface area contributed by atoms with Crippen molar-refractivity contribution in [2.45, 2.75) is 33.6 Å². The fourth-order valence-corrected chi connectivity index (χ4v) is 1.62. The molecule has 100 valence electrons. The lowest BCUT2D eigenvalue weighted by molar-refractivity contribution is 0.733. The highest BCUT2D eigenvalue weighted by Gasteiger charge is 2.06. The molecular weight excluding hydrogens is 257 g/mol. The molecule has 0 aliphatic heterocycles. The highest BCUT2D eigenvalue weighted by atomic mass is 35.5. The van der Waals surface area contributed by atoms with Crippen molar-refractivity contribution in [3.05, 3.63) is 17.8 Å². The monoisotopic (exact) mass is 279 g/mol. The summed E-state index contributed by atoms with van der Waals surface area (Å²) in [6, 6.07) is 3.95. The van der Waals surface area contributed by atoms with Gasteiger partial charge in [0.2, 0.25) is 0 Å². The van der Waals surface area contributed by atoms with Gasteiger partial charge < -0.3 is 10.6 Å². The first-order valence-electron chi connectivity index (χ1n) is 5.67. The second-order valence-corrected chi connectivity index (χ2v) is 3.83. The maximum absolute atomic E-state index is 5.76. The molecule has 0 saturated carbocycles. The van der Waals surface area contributed by atoms with Crippen LogP contribution < -0.4 is 10.6 Å². The van der Waals surface area contributed by atoms with Crippen molar-refractivity contribution in [1.29, 1.82) is 0 Å². The minimum Gasteiger partial charge on any atom is -0.397 e. The Bertz CT molecular complexity index is 313. The zero-order valence-corrected chi connectivity index (χ0v) is 12.4. The van der Waals surface area contributed by atoms with E-state index in [4.69, 9.17) is 5.73 Å². The molecule has 1 aromatic rings. The van der Waals surface area contributed by atoms with Crippen LogP contribution in [0.1, 0.15) is 32.4 Å². The summed E-state index contributed by atoms with van der Waals surface area (Å²) in [5, 5.41) is 0. The van der Waals surface area contributed by atoms with Crippen molar-refractivity contribution in [1.82, 2.24) is 4.98 Å². The zero-order valence-electron chi connectivity index (χ0n) is 10.8. The molecule has 0 aliphatic rings. The summed E-state index contributed by atoms with van der Waals surface area (Å²) < 4.78 is 0. The van der Waals surface area contributed by atoms with Crippen LogP contribution in [0.5, 0.6) is 0 Å². The predicted octanol–water partition coefficient (Wildman–Crippen LogP) is 3.44. The first kappa shape index (κ1) is 18.7. The molecule has 17 heavy (non-hydrogen) atoms. The number of aryl methyl sites for hydroxylation is 1. The first-order valence-corrected chi connectivity index (χ1v) is 5.67. The summed E-state index contributed by atoms with van der Waals surface area (Å²) in [7, 11) is 0. The van der Waals surface area contributed by atoms with Gasteiger partial charge in [0.05, 0.1) is 11.4 Å². The van der Waals surface area contributed by atoms with E-state index in [-0.39, 0.29) is 24.8 Å². The topological polar surface area (TPSA) is 42.1 Å². The molecule has 0 bridgehead atoms. The molecule has 0 aliphatic carbocycles. The molecule has 0 saturated heterocycles. The molecule has 5 heteroatoms. The van der Waals surface area contributed by atoms with Gasteiger partial charge in [-0.15, -0.1) is 24.8 Å². The molecule has 0 aromatic carbocycles. The number of nitrogens with two attached hydrogens (primary N) is 1. The van der Waals surface area contributed by atoms with Crippen LogP contribution >= 0.6 is 24.8 Å². The van der Waals surface area contributed by atoms with Gasteiger partial charge in [-0.2, -0.15) is 0 Å². The van der Waals surface area contributed by atoms with E-state index in [1.165, 1.54) is 0 Å². The maximum atomic E-state index is 5.76. The van der Waals surface area contributed by atoms with Gasteiger partial charge >= 0.3 is 0 Å². The number of aromatic nitrogens is 1. The third-order valence-electron chi connectivity index (χ3n) is 2.42. The van der Waals surface area contributed by atoms with Crippen molar-refractivity contribution in [3.63, 3.8) is 0 Å². The SMILES string of the molecule is CCCN(CCC)c1ccc(N)c(C)n1.Cl.Cl. The minimum absolute atomic E-state index is 0. The third kappa shape index (κ3) is 5.46. The summed E-state index contributed by atoms with van der Waals surface area (Å²) in [5.41, 5.74) is 7.45. The largest absolute Gasteiger partial charge is 0.397 e. The molecule has 0 fully saturated rings. The van der Waals surface area contributed by atoms with Gasteiger partial charge in [0.25, 0.3) is 0 Å². The fraction of sp³-hybridized carbons (Fsp3) is 0.583. The van der Waals surface area contributed by atoms with Gasteiger partial charge in [0, 0.05) is 13.1 Å². The van der Waals surface area contributed by atoms with Crippen LogP contribution in [0.25, 0.3) is 0 Å². The maximum Gasteiger partial charge on any atom is 0.128 e. The van der Waals surface area contributed by atoms with E-state index >= 15 is 0 Å². The molecule has 0 atom stereocenters. The Balaban J connectivity index is 0. The summed E-state index contributed by atoms with van der Waals surface area (Å²) >= 11 is 0. The van der Waals surface area contributed by atoms with Gasteiger partial charge in [-0.3, -0.25) is 0 Å². The Morgan fingerprint density at radius 3 is 2.06 bits per heavy atom. The van der Waals surface area contributed by atoms with Gasteiger partial charge in [-0.05, 0) is 31.9 Å². The normalized spacial score (nSPS) is 9.12. The van der Waals surface area contributed by atoms with Crippen LogP contribution in [0.2, 0.25) is 0 Å². The molecule has 2 N–H and O–H groups in total. The van der Waals surface area contributed by atoms with E-state index in [2.05, 4.69) is 23.7 Å². The van der Waals surface area contributed by atoms with Crippen LogP contribution in [-0.4, -0.2) is 18.1 Å². The summed E-state index contributed by atoms with van der Waals surface area (Å²) in [5.74, 6) is 1.05. The van der Waals surface area contributed by atoms with E-state index in [0.717, 1.165) is 43.1 Å². The Labute approximate surface area is 117 Å². The Hall–Kier alpha value is -0.670. The molecule has 0 spiro atoms. The predicted molar refractivity (Wildman–Crippen MR) is 80.7 cm³/mol. The van der Waals surface area contributed by atoms with Crippen LogP contribution in [0.4, 0.5) is 11.5 Å². The van der Waals surface area contributed by atoms with Crippen LogP contribution in [0.3, 0.4) is 0 Å². The van der Waals surface area contributed by atoms with Crippen molar-refractivity contribution in [3.8, 4) is 0 Å². The third-order valence-corrected chi connectivity index (χ3v) is 2.42. The Morgan fingerprint density at radius 1 is 1.12 bits per heavy atom. The van der Waals surface area contributed by atoms with Crippen LogP contribution in [0, 0.1) is 6.92 Å². The van der Waals surface area contributed by atoms with Gasteiger partial charge in [-0.1, -0.05) is 13.8 Å². The van der Waals surface area contributed by atoms with E-state index in [1.807, 2.05) is 19.1 Å². The number of pyridine rings is 1. The number of halogens is 2. The second-order valence-electron chi connectivity index (χ2n) is 3.83. The molecule has 0 amide bonds. The van der Waals surface area contributed by atoms with E-state index in [9.17, 15) is 0 Å². The van der Waals surface area contributed by atoms with Gasteiger partial charge in [-0.25, -0.2) is 4.98 Å². The molecular formula is C12H23Cl2N3. The molecule has 3 nitrogen and oxygen atoms in total. The molecule has 1 aromatic heterocycles. The highest BCUT2D eigenvalue weighted by molar-refractivity contribution is 5.85. The number of hydrogen-bond donors (Lipinski definition) is 1. The lowest BCUT2D eigenvalue weighted by Crippen LogP contribution is -2.26. The lowest BCUT2D eigenvalue weighted by Gasteiger charge is -2.23. The van der Waals surface area contributed by atoms with Crippen LogP contribution in [0.15, 0.2) is 12.1 Å². The summed E-state index contributed by atoms with van der Waals surface area (Å²) in [6.07, 6.45) is 2.29. The molecule has 0 unspecified atom stereocenters. The average Bonchev–Trinajstić information content (AvgIpc) is 2.22. The molecule has 1 heterocycles. The van der Waals surface area contributed by atoms with Crippen molar-refractivity contribution in [2.24, 2.45) is 0 Å². The van der Waals surface area contributed by atoms with Crippen molar-refractivity contribution < 1.29 is 0 Å². The lowest BCUT2D eigenvalue weighted by atomic mass is 10.3. The number of nitrogen functional groups attached to an aromatic ring is 1. The number of nitrogens with zero attached hydrogens (tertiary/aromatic N) is 2. The van der Waals surface area contributed by atoms with Crippen molar-refractivity contribution in [2.75, 3.05) is 23.7 Å². The Morgan fingerprint density at radius 2 is 1.65 bits per heavy atom. The van der Waals surface area contributed by atoms with Crippen LogP contribution in [-0.2, 0) is 0 Å². The minimum atomic E-state index is 0. The quantitative estimate of drug-likeness (QED) is 0.898. The smallest absolute Gasteiger partial charge is 0.128 e. The van der Waals surface area contributed by atoms with Gasteiger partial charge in [0.1, 0.15) is 5.82 Å². The Kier molecular flexibility index (Phi) is 10.3. The zero-order chi connectivity index (χ0) is 11.3. The first-order chi connectivity index (χ1) is 7.19. The average molecular weight is 280 g/mol. The second kappa shape index (κ2) is 9.37. The molecule has 0 radical (unpaired) electrons. The number of rotatable bonds is 5. The van der Waals surface area contributed by atoms with E-state index in [0.29, 0.717) is 0 Å². The number of anilines is 2. The summed E-state index contributed by atoms with van der Waals surface area (Å²) in [4.78, 5) is 6.82. The molecule has 1 rings (SSSR count). The summed E-state index contributed by atoms with van der Waals surface area (Å²) in [6.45, 7) is 8.45.